The minimum atomic E-state index is -0.452. The first kappa shape index (κ1) is 24.0. The van der Waals surface area contributed by atoms with Crippen LogP contribution in [0.25, 0.3) is 11.3 Å². The fraction of sp³-hybridized carbons (Fsp3) is 0.129. The SMILES string of the molecule is Cc1ccc(CSc2nnc3c(n2)OC(c2ccc(OCc4ccccc4)cc2)Nc2ccccc2-3)cc1. The number of para-hydroxylation sites is 1. The van der Waals surface area contributed by atoms with E-state index in [2.05, 4.69) is 58.8 Å². The van der Waals surface area contributed by atoms with E-state index in [1.165, 1.54) is 11.1 Å². The van der Waals surface area contributed by atoms with Gasteiger partial charge < -0.3 is 14.8 Å². The highest BCUT2D eigenvalue weighted by atomic mass is 32.2. The number of nitrogens with one attached hydrogen (secondary N) is 1. The summed E-state index contributed by atoms with van der Waals surface area (Å²) in [5.74, 6) is 2.01. The molecule has 7 heteroatoms. The molecule has 1 aromatic heterocycles. The molecule has 0 saturated carbocycles. The number of anilines is 1. The molecule has 1 aliphatic heterocycles. The molecule has 188 valence electrons. The Hall–Kier alpha value is -4.36. The Morgan fingerprint density at radius 3 is 2.39 bits per heavy atom. The first-order chi connectivity index (χ1) is 18.7. The van der Waals surface area contributed by atoms with Gasteiger partial charge >= 0.3 is 0 Å². The van der Waals surface area contributed by atoms with Crippen molar-refractivity contribution in [1.82, 2.24) is 15.2 Å². The van der Waals surface area contributed by atoms with Crippen molar-refractivity contribution in [1.29, 1.82) is 0 Å². The van der Waals surface area contributed by atoms with E-state index in [0.717, 1.165) is 33.9 Å². The number of hydrogen-bond donors (Lipinski definition) is 1. The van der Waals surface area contributed by atoms with Crippen LogP contribution in [0.3, 0.4) is 0 Å². The molecule has 0 saturated heterocycles. The normalized spacial score (nSPS) is 13.9. The summed E-state index contributed by atoms with van der Waals surface area (Å²) in [6, 6.07) is 34.5. The van der Waals surface area contributed by atoms with Gasteiger partial charge in [-0.25, -0.2) is 0 Å². The second-order valence-corrected chi connectivity index (χ2v) is 10.00. The summed E-state index contributed by atoms with van der Waals surface area (Å²) >= 11 is 1.54. The molecule has 1 aliphatic rings. The molecule has 38 heavy (non-hydrogen) atoms. The molecule has 0 aliphatic carbocycles. The van der Waals surface area contributed by atoms with E-state index >= 15 is 0 Å². The number of fused-ring (bicyclic) bond motifs is 3. The number of aryl methyl sites for hydroxylation is 1. The van der Waals surface area contributed by atoms with Crippen molar-refractivity contribution in [2.24, 2.45) is 0 Å². The molecule has 6 nitrogen and oxygen atoms in total. The lowest BCUT2D eigenvalue weighted by Gasteiger charge is -2.19. The number of thioether (sulfide) groups is 1. The summed E-state index contributed by atoms with van der Waals surface area (Å²) < 4.78 is 12.4. The van der Waals surface area contributed by atoms with Crippen LogP contribution < -0.4 is 14.8 Å². The molecule has 0 radical (unpaired) electrons. The Morgan fingerprint density at radius 2 is 1.58 bits per heavy atom. The molecule has 2 heterocycles. The van der Waals surface area contributed by atoms with Crippen molar-refractivity contribution in [3.63, 3.8) is 0 Å². The van der Waals surface area contributed by atoms with Crippen LogP contribution in [0.4, 0.5) is 5.69 Å². The monoisotopic (exact) mass is 518 g/mol. The quantitative estimate of drug-likeness (QED) is 0.228. The largest absolute Gasteiger partial charge is 0.489 e. The van der Waals surface area contributed by atoms with Crippen LogP contribution in [0.5, 0.6) is 11.6 Å². The predicted molar refractivity (Wildman–Crippen MR) is 150 cm³/mol. The highest BCUT2D eigenvalue weighted by Gasteiger charge is 2.26. The lowest BCUT2D eigenvalue weighted by molar-refractivity contribution is 0.225. The highest BCUT2D eigenvalue weighted by molar-refractivity contribution is 7.98. The van der Waals surface area contributed by atoms with Gasteiger partial charge in [-0.05, 0) is 48.4 Å². The lowest BCUT2D eigenvalue weighted by Crippen LogP contribution is -2.17. The van der Waals surface area contributed by atoms with Crippen molar-refractivity contribution in [2.75, 3.05) is 5.32 Å². The zero-order valence-electron chi connectivity index (χ0n) is 20.9. The predicted octanol–water partition coefficient (Wildman–Crippen LogP) is 7.22. The smallest absolute Gasteiger partial charge is 0.247 e. The number of nitrogens with zero attached hydrogens (tertiary/aromatic N) is 3. The molecule has 1 unspecified atom stereocenters. The summed E-state index contributed by atoms with van der Waals surface area (Å²) in [6.07, 6.45) is -0.452. The van der Waals surface area contributed by atoms with Crippen LogP contribution in [0.15, 0.2) is 108 Å². The second-order valence-electron chi connectivity index (χ2n) is 9.05. The molecule has 0 amide bonds. The topological polar surface area (TPSA) is 69.2 Å². The summed E-state index contributed by atoms with van der Waals surface area (Å²) in [5, 5.41) is 13.0. The number of rotatable bonds is 7. The Kier molecular flexibility index (Phi) is 6.91. The van der Waals surface area contributed by atoms with Gasteiger partial charge in [0.2, 0.25) is 11.0 Å². The molecule has 1 N–H and O–H groups in total. The second kappa shape index (κ2) is 10.9. The van der Waals surface area contributed by atoms with Crippen molar-refractivity contribution in [3.8, 4) is 22.9 Å². The van der Waals surface area contributed by atoms with Gasteiger partial charge in [-0.2, -0.15) is 4.98 Å². The van der Waals surface area contributed by atoms with Gasteiger partial charge in [0, 0.05) is 22.6 Å². The van der Waals surface area contributed by atoms with Crippen LogP contribution in [0, 0.1) is 6.92 Å². The molecule has 0 bridgehead atoms. The van der Waals surface area contributed by atoms with Crippen LogP contribution in [0.2, 0.25) is 0 Å². The molecule has 6 rings (SSSR count). The van der Waals surface area contributed by atoms with E-state index in [0.29, 0.717) is 23.3 Å². The van der Waals surface area contributed by atoms with Gasteiger partial charge in [0.15, 0.2) is 11.9 Å². The van der Waals surface area contributed by atoms with Gasteiger partial charge in [-0.3, -0.25) is 0 Å². The number of hydrogen-bond acceptors (Lipinski definition) is 7. The summed E-state index contributed by atoms with van der Waals surface area (Å²) in [6.45, 7) is 2.60. The molecule has 1 atom stereocenters. The maximum absolute atomic E-state index is 6.42. The Labute approximate surface area is 226 Å². The summed E-state index contributed by atoms with van der Waals surface area (Å²) in [5.41, 5.74) is 6.97. The minimum Gasteiger partial charge on any atom is -0.489 e. The van der Waals surface area contributed by atoms with Crippen molar-refractivity contribution < 1.29 is 9.47 Å². The Balaban J connectivity index is 1.23. The Bertz CT molecular complexity index is 1530. The third-order valence-corrected chi connectivity index (χ3v) is 7.16. The van der Waals surface area contributed by atoms with Gasteiger partial charge in [0.1, 0.15) is 12.4 Å². The molecule has 0 fully saturated rings. The van der Waals surface area contributed by atoms with Crippen LogP contribution >= 0.6 is 11.8 Å². The number of ether oxygens (including phenoxy) is 2. The minimum absolute atomic E-state index is 0.452. The average molecular weight is 519 g/mol. The molecule has 4 aromatic carbocycles. The van der Waals surface area contributed by atoms with Gasteiger partial charge in [0.05, 0.1) is 0 Å². The van der Waals surface area contributed by atoms with Crippen LogP contribution in [-0.2, 0) is 12.4 Å². The number of benzene rings is 4. The maximum Gasteiger partial charge on any atom is 0.247 e. The zero-order chi connectivity index (χ0) is 25.7. The highest BCUT2D eigenvalue weighted by Crippen LogP contribution is 2.39. The standard InChI is InChI=1S/C31H26N4O2S/c1-21-11-13-23(14-12-21)20-38-31-33-30-28(34-35-31)26-9-5-6-10-27(26)32-29(37-30)24-15-17-25(18-16-24)36-19-22-7-3-2-4-8-22/h2-18,29,32H,19-20H2,1H3. The molecular formula is C31H26N4O2S. The van der Waals surface area contributed by atoms with Crippen LogP contribution in [-0.4, -0.2) is 15.2 Å². The van der Waals surface area contributed by atoms with Crippen molar-refractivity contribution in [3.05, 3.63) is 125 Å². The van der Waals surface area contributed by atoms with E-state index < -0.39 is 6.23 Å². The fourth-order valence-electron chi connectivity index (χ4n) is 4.17. The summed E-state index contributed by atoms with van der Waals surface area (Å²) in [7, 11) is 0. The molecule has 5 aromatic rings. The molecule has 0 spiro atoms. The van der Waals surface area contributed by atoms with Gasteiger partial charge in [-0.1, -0.05) is 90.1 Å². The average Bonchev–Trinajstić information content (AvgIpc) is 3.13. The third kappa shape index (κ3) is 5.48. The summed E-state index contributed by atoms with van der Waals surface area (Å²) in [4.78, 5) is 4.76. The van der Waals surface area contributed by atoms with E-state index in [1.54, 1.807) is 11.8 Å². The Morgan fingerprint density at radius 1 is 0.816 bits per heavy atom. The zero-order valence-corrected chi connectivity index (χ0v) is 21.7. The van der Waals surface area contributed by atoms with E-state index in [4.69, 9.17) is 14.5 Å². The van der Waals surface area contributed by atoms with E-state index in [-0.39, 0.29) is 0 Å². The van der Waals surface area contributed by atoms with E-state index in [9.17, 15) is 0 Å². The molecular weight excluding hydrogens is 492 g/mol. The number of aromatic nitrogens is 3. The van der Waals surface area contributed by atoms with Gasteiger partial charge in [-0.15, -0.1) is 10.2 Å². The fourth-order valence-corrected chi connectivity index (χ4v) is 4.91. The van der Waals surface area contributed by atoms with Gasteiger partial charge in [0.25, 0.3) is 0 Å². The van der Waals surface area contributed by atoms with Crippen molar-refractivity contribution in [2.45, 2.75) is 30.7 Å². The lowest BCUT2D eigenvalue weighted by atomic mass is 10.1. The third-order valence-electron chi connectivity index (χ3n) is 6.25. The van der Waals surface area contributed by atoms with Crippen LogP contribution in [0.1, 0.15) is 28.5 Å². The van der Waals surface area contributed by atoms with E-state index in [1.807, 2.05) is 66.7 Å². The first-order valence-corrected chi connectivity index (χ1v) is 13.4. The first-order valence-electron chi connectivity index (χ1n) is 12.4. The maximum atomic E-state index is 6.42. The van der Waals surface area contributed by atoms with Crippen molar-refractivity contribution >= 4 is 17.4 Å².